The van der Waals surface area contributed by atoms with Gasteiger partial charge in [0.1, 0.15) is 0 Å². The van der Waals surface area contributed by atoms with Crippen molar-refractivity contribution in [3.8, 4) is 0 Å². The van der Waals surface area contributed by atoms with Gasteiger partial charge in [-0.15, -0.1) is 0 Å². The van der Waals surface area contributed by atoms with Crippen LogP contribution in [0.4, 0.5) is 5.69 Å². The van der Waals surface area contributed by atoms with Gasteiger partial charge in [-0.3, -0.25) is 9.69 Å². The maximum atomic E-state index is 12.3. The number of benzene rings is 1. The van der Waals surface area contributed by atoms with Crippen LogP contribution < -0.4 is 5.73 Å². The normalized spacial score (nSPS) is 22.6. The zero-order valence-electron chi connectivity index (χ0n) is 14.8. The molecule has 148 valence electrons. The Morgan fingerprint density at radius 2 is 1.93 bits per heavy atom. The maximum Gasteiger partial charge on any atom is 0.340 e. The van der Waals surface area contributed by atoms with Crippen molar-refractivity contribution in [3.05, 3.63) is 28.8 Å². The molecule has 27 heavy (non-hydrogen) atoms. The van der Waals surface area contributed by atoms with E-state index in [-0.39, 0.29) is 41.3 Å². The third kappa shape index (κ3) is 4.91. The monoisotopic (exact) mass is 415 g/mol. The molecule has 2 aliphatic heterocycles. The number of carbonyl (C=O) groups excluding carboxylic acids is 2. The number of amides is 1. The highest BCUT2D eigenvalue weighted by Gasteiger charge is 2.34. The van der Waals surface area contributed by atoms with Crippen LogP contribution in [0.15, 0.2) is 18.2 Å². The van der Waals surface area contributed by atoms with Crippen molar-refractivity contribution < 1.29 is 22.7 Å². The van der Waals surface area contributed by atoms with Gasteiger partial charge >= 0.3 is 5.97 Å². The van der Waals surface area contributed by atoms with Crippen LogP contribution in [0.25, 0.3) is 0 Å². The molecule has 0 bridgehead atoms. The van der Waals surface area contributed by atoms with Crippen molar-refractivity contribution in [1.82, 2.24) is 9.80 Å². The number of ether oxygens (including phenoxy) is 1. The van der Waals surface area contributed by atoms with E-state index in [4.69, 9.17) is 22.1 Å². The van der Waals surface area contributed by atoms with Gasteiger partial charge in [-0.05, 0) is 24.6 Å². The van der Waals surface area contributed by atoms with E-state index in [2.05, 4.69) is 4.90 Å². The number of nitrogen functional groups attached to an aromatic ring is 1. The Morgan fingerprint density at radius 3 is 2.56 bits per heavy atom. The van der Waals surface area contributed by atoms with E-state index in [9.17, 15) is 18.0 Å². The second-order valence-electron chi connectivity index (χ2n) is 6.78. The van der Waals surface area contributed by atoms with E-state index in [1.807, 2.05) is 0 Å². The molecule has 0 aromatic heterocycles. The molecule has 1 amide bonds. The molecule has 8 nitrogen and oxygen atoms in total. The van der Waals surface area contributed by atoms with E-state index in [0.29, 0.717) is 37.6 Å². The summed E-state index contributed by atoms with van der Waals surface area (Å²) in [6.45, 7) is 1.81. The van der Waals surface area contributed by atoms with Crippen LogP contribution in [0.1, 0.15) is 16.8 Å². The van der Waals surface area contributed by atoms with Crippen LogP contribution >= 0.6 is 11.6 Å². The number of rotatable bonds is 4. The molecular formula is C17H22ClN3O5S. The molecule has 2 fully saturated rings. The summed E-state index contributed by atoms with van der Waals surface area (Å²) in [5.74, 6) is -0.556. The third-order valence-electron chi connectivity index (χ3n) is 4.95. The Hall–Kier alpha value is -1.84. The molecule has 1 aromatic carbocycles. The number of nitrogens with zero attached hydrogens (tertiary/aromatic N) is 2. The minimum atomic E-state index is -2.93. The molecule has 2 N–H and O–H groups in total. The van der Waals surface area contributed by atoms with Gasteiger partial charge in [0.15, 0.2) is 16.4 Å². The van der Waals surface area contributed by atoms with Gasteiger partial charge in [0, 0.05) is 42.9 Å². The molecule has 10 heteroatoms. The maximum absolute atomic E-state index is 12.3. The molecule has 0 spiro atoms. The zero-order chi connectivity index (χ0) is 19.6. The highest BCUT2D eigenvalue weighted by molar-refractivity contribution is 7.91. The molecule has 2 heterocycles. The molecule has 3 rings (SSSR count). The Morgan fingerprint density at radius 1 is 1.22 bits per heavy atom. The lowest BCUT2D eigenvalue weighted by atomic mass is 10.2. The third-order valence-corrected chi connectivity index (χ3v) is 6.94. The first-order valence-electron chi connectivity index (χ1n) is 8.69. The minimum absolute atomic E-state index is 0.0379. The summed E-state index contributed by atoms with van der Waals surface area (Å²) >= 11 is 5.85. The fraction of sp³-hybridized carbons (Fsp3) is 0.529. The minimum Gasteiger partial charge on any atom is -0.452 e. The van der Waals surface area contributed by atoms with Crippen LogP contribution in [-0.2, 0) is 19.4 Å². The molecule has 1 aromatic rings. The van der Waals surface area contributed by atoms with Crippen LogP contribution in [0.5, 0.6) is 0 Å². The molecule has 0 radical (unpaired) electrons. The number of piperazine rings is 1. The van der Waals surface area contributed by atoms with Gasteiger partial charge in [-0.2, -0.15) is 0 Å². The fourth-order valence-corrected chi connectivity index (χ4v) is 5.34. The van der Waals surface area contributed by atoms with Gasteiger partial charge in [-0.1, -0.05) is 11.6 Å². The molecule has 0 aliphatic carbocycles. The van der Waals surface area contributed by atoms with Crippen LogP contribution in [0, 0.1) is 0 Å². The Labute approximate surface area is 163 Å². The number of esters is 1. The topological polar surface area (TPSA) is 110 Å². The molecule has 0 saturated carbocycles. The van der Waals surface area contributed by atoms with Crippen molar-refractivity contribution in [2.75, 3.05) is 50.0 Å². The Balaban J connectivity index is 1.47. The number of sulfone groups is 1. The van der Waals surface area contributed by atoms with Gasteiger partial charge in [-0.25, -0.2) is 13.2 Å². The van der Waals surface area contributed by atoms with Crippen molar-refractivity contribution in [2.24, 2.45) is 0 Å². The van der Waals surface area contributed by atoms with Crippen molar-refractivity contribution in [3.63, 3.8) is 0 Å². The summed E-state index contributed by atoms with van der Waals surface area (Å²) in [6.07, 6.45) is 0.648. The van der Waals surface area contributed by atoms with Gasteiger partial charge < -0.3 is 15.4 Å². The Bertz CT molecular complexity index is 837. The standard InChI is InChI=1S/C17H22ClN3O5S/c18-12-1-2-15(19)14(9-12)17(23)26-10-16(22)21-6-4-20(5-7-21)13-3-8-27(24,25)11-13/h1-2,9,13H,3-8,10-11,19H2. The average Bonchev–Trinajstić information content (AvgIpc) is 3.01. The molecular weight excluding hydrogens is 394 g/mol. The highest BCUT2D eigenvalue weighted by atomic mass is 35.5. The summed E-state index contributed by atoms with van der Waals surface area (Å²) in [4.78, 5) is 28.1. The van der Waals surface area contributed by atoms with E-state index in [1.54, 1.807) is 11.0 Å². The predicted molar refractivity (Wildman–Crippen MR) is 101 cm³/mol. The molecule has 1 unspecified atom stereocenters. The van der Waals surface area contributed by atoms with E-state index in [0.717, 1.165) is 0 Å². The quantitative estimate of drug-likeness (QED) is 0.560. The van der Waals surface area contributed by atoms with Gasteiger partial charge in [0.2, 0.25) is 0 Å². The number of hydrogen-bond acceptors (Lipinski definition) is 7. The lowest BCUT2D eigenvalue weighted by molar-refractivity contribution is -0.136. The lowest BCUT2D eigenvalue weighted by Crippen LogP contribution is -2.53. The summed E-state index contributed by atoms with van der Waals surface area (Å²) in [7, 11) is -2.93. The van der Waals surface area contributed by atoms with E-state index < -0.39 is 15.8 Å². The number of anilines is 1. The lowest BCUT2D eigenvalue weighted by Gasteiger charge is -2.37. The average molecular weight is 416 g/mol. The Kier molecular flexibility index (Phi) is 5.92. The van der Waals surface area contributed by atoms with Crippen LogP contribution in [-0.4, -0.2) is 80.4 Å². The smallest absolute Gasteiger partial charge is 0.340 e. The molecule has 1 atom stereocenters. The first kappa shape index (κ1) is 19.9. The largest absolute Gasteiger partial charge is 0.452 e. The summed E-state index contributed by atoms with van der Waals surface area (Å²) < 4.78 is 28.3. The van der Waals surface area contributed by atoms with Crippen molar-refractivity contribution >= 4 is 39.0 Å². The summed E-state index contributed by atoms with van der Waals surface area (Å²) in [6, 6.07) is 4.51. The van der Waals surface area contributed by atoms with Gasteiger partial charge in [0.05, 0.1) is 17.1 Å². The summed E-state index contributed by atoms with van der Waals surface area (Å²) in [5.41, 5.74) is 6.09. The summed E-state index contributed by atoms with van der Waals surface area (Å²) in [5, 5.41) is 0.354. The van der Waals surface area contributed by atoms with E-state index in [1.165, 1.54) is 12.1 Å². The number of hydrogen-bond donors (Lipinski definition) is 1. The van der Waals surface area contributed by atoms with Crippen molar-refractivity contribution in [1.29, 1.82) is 0 Å². The van der Waals surface area contributed by atoms with E-state index >= 15 is 0 Å². The number of nitrogens with two attached hydrogens (primary N) is 1. The van der Waals surface area contributed by atoms with Crippen LogP contribution in [0.3, 0.4) is 0 Å². The second kappa shape index (κ2) is 8.04. The highest BCUT2D eigenvalue weighted by Crippen LogP contribution is 2.20. The number of carbonyl (C=O) groups is 2. The second-order valence-corrected chi connectivity index (χ2v) is 9.45. The first-order chi connectivity index (χ1) is 12.7. The molecule has 2 saturated heterocycles. The molecule has 2 aliphatic rings. The van der Waals surface area contributed by atoms with Crippen molar-refractivity contribution in [2.45, 2.75) is 12.5 Å². The van der Waals surface area contributed by atoms with Gasteiger partial charge in [0.25, 0.3) is 5.91 Å². The predicted octanol–water partition coefficient (Wildman–Crippen LogP) is 0.410. The van der Waals surface area contributed by atoms with Crippen LogP contribution in [0.2, 0.25) is 5.02 Å². The number of halogens is 1. The SMILES string of the molecule is Nc1ccc(Cl)cc1C(=O)OCC(=O)N1CCN(C2CCS(=O)(=O)C2)CC1. The fourth-order valence-electron chi connectivity index (χ4n) is 3.40. The zero-order valence-corrected chi connectivity index (χ0v) is 16.3. The first-order valence-corrected chi connectivity index (χ1v) is 10.9.